The topological polar surface area (TPSA) is 103 Å². The molecule has 3 amide bonds. The number of rotatable bonds is 4. The monoisotopic (exact) mass is 505 g/mol. The molecule has 0 aromatic heterocycles. The molecule has 3 saturated heterocycles. The quantitative estimate of drug-likeness (QED) is 0.615. The predicted octanol–water partition coefficient (Wildman–Crippen LogP) is 0.855. The molecular formula is C27H31N5O5. The summed E-state index contributed by atoms with van der Waals surface area (Å²) in [5.74, 6) is -1.56. The summed E-state index contributed by atoms with van der Waals surface area (Å²) in [6.07, 6.45) is 0. The molecule has 0 spiro atoms. The molecule has 0 bridgehead atoms. The van der Waals surface area contributed by atoms with Crippen molar-refractivity contribution >= 4 is 29.4 Å². The van der Waals surface area contributed by atoms with Gasteiger partial charge in [-0.3, -0.25) is 14.4 Å². The number of anilines is 1. The minimum atomic E-state index is -0.558. The Morgan fingerprint density at radius 1 is 0.865 bits per heavy atom. The number of methoxy groups -OCH3 is 1. The van der Waals surface area contributed by atoms with Crippen molar-refractivity contribution in [3.63, 3.8) is 0 Å². The Morgan fingerprint density at radius 2 is 1.49 bits per heavy atom. The summed E-state index contributed by atoms with van der Waals surface area (Å²) >= 11 is 0. The number of nitrogens with zero attached hydrogens (tertiary/aromatic N) is 4. The van der Waals surface area contributed by atoms with E-state index < -0.39 is 5.97 Å². The molecule has 3 heterocycles. The van der Waals surface area contributed by atoms with Crippen LogP contribution in [0.3, 0.4) is 0 Å². The number of benzene rings is 2. The van der Waals surface area contributed by atoms with E-state index in [0.29, 0.717) is 44.8 Å². The predicted molar refractivity (Wildman–Crippen MR) is 136 cm³/mol. The highest BCUT2D eigenvalue weighted by molar-refractivity contribution is 6.05. The number of likely N-dealkylation sites (tertiary alicyclic amines) is 1. The average Bonchev–Trinajstić information content (AvgIpc) is 3.27. The maximum absolute atomic E-state index is 13.7. The number of ether oxygens (including phenoxy) is 1. The fourth-order valence-corrected chi connectivity index (χ4v) is 5.55. The Kier molecular flexibility index (Phi) is 6.94. The van der Waals surface area contributed by atoms with Gasteiger partial charge < -0.3 is 19.4 Å². The normalized spacial score (nSPS) is 24.1. The van der Waals surface area contributed by atoms with Gasteiger partial charge in [0.2, 0.25) is 11.8 Å². The lowest BCUT2D eigenvalue weighted by Gasteiger charge is -2.41. The summed E-state index contributed by atoms with van der Waals surface area (Å²) in [4.78, 5) is 57.7. The minimum absolute atomic E-state index is 0.0150. The van der Waals surface area contributed by atoms with Crippen LogP contribution in [-0.4, -0.2) is 97.9 Å². The number of esters is 1. The Bertz CT molecular complexity index is 1200. The van der Waals surface area contributed by atoms with Gasteiger partial charge in [-0.15, -0.1) is 0 Å². The molecule has 0 aliphatic carbocycles. The van der Waals surface area contributed by atoms with Crippen molar-refractivity contribution in [3.05, 3.63) is 65.7 Å². The number of carbonyl (C=O) groups excluding carboxylic acids is 4. The molecule has 3 fully saturated rings. The first kappa shape index (κ1) is 24.9. The van der Waals surface area contributed by atoms with E-state index in [-0.39, 0.29) is 41.2 Å². The van der Waals surface area contributed by atoms with Gasteiger partial charge in [0, 0.05) is 39.3 Å². The van der Waals surface area contributed by atoms with Crippen molar-refractivity contribution < 1.29 is 23.9 Å². The van der Waals surface area contributed by atoms with Gasteiger partial charge in [-0.2, -0.15) is 0 Å². The molecule has 10 nitrogen and oxygen atoms in total. The summed E-state index contributed by atoms with van der Waals surface area (Å²) < 4.78 is 4.82. The van der Waals surface area contributed by atoms with Gasteiger partial charge in [-0.05, 0) is 31.3 Å². The molecule has 10 heteroatoms. The van der Waals surface area contributed by atoms with Crippen LogP contribution in [-0.2, 0) is 14.3 Å². The van der Waals surface area contributed by atoms with E-state index in [1.54, 1.807) is 39.1 Å². The Labute approximate surface area is 215 Å². The van der Waals surface area contributed by atoms with Gasteiger partial charge in [0.15, 0.2) is 0 Å². The Morgan fingerprint density at radius 3 is 2.16 bits per heavy atom. The van der Waals surface area contributed by atoms with E-state index in [1.807, 2.05) is 42.3 Å². The Balaban J connectivity index is 1.26. The number of hydrazine groups is 1. The molecule has 3 atom stereocenters. The summed E-state index contributed by atoms with van der Waals surface area (Å²) in [5, 5.41) is 1.57. The summed E-state index contributed by atoms with van der Waals surface area (Å²) in [7, 11) is 3.22. The lowest BCUT2D eigenvalue weighted by atomic mass is 9.84. The number of hydrogen-bond donors (Lipinski definition) is 1. The molecule has 0 radical (unpaired) electrons. The molecular weight excluding hydrogens is 474 g/mol. The van der Waals surface area contributed by atoms with Crippen LogP contribution in [0.1, 0.15) is 20.7 Å². The third kappa shape index (κ3) is 4.70. The van der Waals surface area contributed by atoms with Crippen LogP contribution >= 0.6 is 0 Å². The summed E-state index contributed by atoms with van der Waals surface area (Å²) in [5.41, 5.74) is 4.60. The van der Waals surface area contributed by atoms with E-state index in [4.69, 9.17) is 4.74 Å². The van der Waals surface area contributed by atoms with Gasteiger partial charge in [0.1, 0.15) is 0 Å². The number of hydrogen-bond acceptors (Lipinski definition) is 7. The molecule has 5 rings (SSSR count). The zero-order valence-electron chi connectivity index (χ0n) is 21.0. The van der Waals surface area contributed by atoms with Crippen molar-refractivity contribution in [2.45, 2.75) is 6.04 Å². The largest absolute Gasteiger partial charge is 0.465 e. The fourth-order valence-electron chi connectivity index (χ4n) is 5.55. The SMILES string of the molecule is COC(=O)c1ccccc1C(=O)N1CCN(C(=O)C2CN(C)CC3C(=O)N(c4ccccc4)NC23)CC1. The van der Waals surface area contributed by atoms with Gasteiger partial charge in [-0.25, -0.2) is 15.2 Å². The zero-order chi connectivity index (χ0) is 26.1. The number of amides is 3. The lowest BCUT2D eigenvalue weighted by Crippen LogP contribution is -2.59. The smallest absolute Gasteiger partial charge is 0.338 e. The van der Waals surface area contributed by atoms with Gasteiger partial charge in [0.05, 0.1) is 41.8 Å². The second kappa shape index (κ2) is 10.3. The summed E-state index contributed by atoms with van der Waals surface area (Å²) in [6, 6.07) is 15.7. The standard InChI is InChI=1S/C27H31N5O5/c1-29-16-21(23-22(17-29)26(35)32(28-23)18-8-4-3-5-9-18)25(34)31-14-12-30(13-15-31)24(33)19-10-6-7-11-20(19)27(36)37-2/h3-11,21-23,28H,12-17H2,1-2H3. The minimum Gasteiger partial charge on any atom is -0.465 e. The van der Waals surface area contributed by atoms with E-state index in [2.05, 4.69) is 5.43 Å². The average molecular weight is 506 g/mol. The van der Waals surface area contributed by atoms with Gasteiger partial charge in [0.25, 0.3) is 5.91 Å². The number of nitrogens with one attached hydrogen (secondary N) is 1. The third-order valence-electron chi connectivity index (χ3n) is 7.47. The second-order valence-corrected chi connectivity index (χ2v) is 9.75. The molecule has 1 N–H and O–H groups in total. The van der Waals surface area contributed by atoms with Crippen LogP contribution in [0.25, 0.3) is 0 Å². The van der Waals surface area contributed by atoms with Crippen molar-refractivity contribution in [2.75, 3.05) is 58.4 Å². The molecule has 3 aliphatic rings. The highest BCUT2D eigenvalue weighted by Gasteiger charge is 2.51. The van der Waals surface area contributed by atoms with Crippen LogP contribution in [0, 0.1) is 11.8 Å². The van der Waals surface area contributed by atoms with Gasteiger partial charge >= 0.3 is 5.97 Å². The molecule has 3 aliphatic heterocycles. The van der Waals surface area contributed by atoms with Crippen LogP contribution in [0.5, 0.6) is 0 Å². The number of piperazine rings is 1. The first-order chi connectivity index (χ1) is 17.9. The van der Waals surface area contributed by atoms with E-state index >= 15 is 0 Å². The van der Waals surface area contributed by atoms with Crippen LogP contribution < -0.4 is 10.4 Å². The Hall–Kier alpha value is -3.76. The molecule has 0 saturated carbocycles. The van der Waals surface area contributed by atoms with Gasteiger partial charge in [-0.1, -0.05) is 30.3 Å². The second-order valence-electron chi connectivity index (χ2n) is 9.75. The van der Waals surface area contributed by atoms with Crippen molar-refractivity contribution in [1.29, 1.82) is 0 Å². The highest BCUT2D eigenvalue weighted by Crippen LogP contribution is 2.32. The van der Waals surface area contributed by atoms with E-state index in [9.17, 15) is 19.2 Å². The number of para-hydroxylation sites is 1. The molecule has 3 unspecified atom stereocenters. The highest BCUT2D eigenvalue weighted by atomic mass is 16.5. The number of piperidine rings is 1. The van der Waals surface area contributed by atoms with Crippen LogP contribution in [0.4, 0.5) is 5.69 Å². The maximum Gasteiger partial charge on any atom is 0.338 e. The molecule has 2 aromatic carbocycles. The van der Waals surface area contributed by atoms with Crippen molar-refractivity contribution in [3.8, 4) is 0 Å². The molecule has 37 heavy (non-hydrogen) atoms. The number of fused-ring (bicyclic) bond motifs is 1. The molecule has 2 aromatic rings. The number of carbonyl (C=O) groups is 4. The third-order valence-corrected chi connectivity index (χ3v) is 7.47. The van der Waals surface area contributed by atoms with Crippen LogP contribution in [0.2, 0.25) is 0 Å². The van der Waals surface area contributed by atoms with E-state index in [0.717, 1.165) is 5.69 Å². The maximum atomic E-state index is 13.7. The summed E-state index contributed by atoms with van der Waals surface area (Å²) in [6.45, 7) is 2.64. The lowest BCUT2D eigenvalue weighted by molar-refractivity contribution is -0.140. The molecule has 194 valence electrons. The van der Waals surface area contributed by atoms with E-state index in [1.165, 1.54) is 7.11 Å². The zero-order valence-corrected chi connectivity index (χ0v) is 21.0. The fraction of sp³-hybridized carbons (Fsp3) is 0.407. The first-order valence-corrected chi connectivity index (χ1v) is 12.5. The van der Waals surface area contributed by atoms with Crippen molar-refractivity contribution in [2.24, 2.45) is 11.8 Å². The first-order valence-electron chi connectivity index (χ1n) is 12.5. The van der Waals surface area contributed by atoms with Crippen molar-refractivity contribution in [1.82, 2.24) is 20.1 Å². The van der Waals surface area contributed by atoms with Crippen LogP contribution in [0.15, 0.2) is 54.6 Å².